The minimum atomic E-state index is -0.250. The predicted molar refractivity (Wildman–Crippen MR) is 69.9 cm³/mol. The lowest BCUT2D eigenvalue weighted by Crippen LogP contribution is -2.37. The molecule has 0 aliphatic heterocycles. The molecule has 0 aliphatic carbocycles. The number of hydrogen-bond acceptors (Lipinski definition) is 3. The van der Waals surface area contributed by atoms with Gasteiger partial charge in [-0.3, -0.25) is 0 Å². The molecule has 3 nitrogen and oxygen atoms in total. The summed E-state index contributed by atoms with van der Waals surface area (Å²) in [6.07, 6.45) is 2.27. The fraction of sp³-hybridized carbons (Fsp3) is 0.571. The molecule has 1 aromatic carbocycles. The lowest BCUT2D eigenvalue weighted by Gasteiger charge is -2.20. The second-order valence-electron chi connectivity index (χ2n) is 4.44. The third kappa shape index (κ3) is 4.46. The highest BCUT2D eigenvalue weighted by atomic mass is 16.3. The van der Waals surface area contributed by atoms with Crippen molar-refractivity contribution in [3.8, 4) is 0 Å². The Hall–Kier alpha value is -0.900. The Morgan fingerprint density at radius 2 is 1.71 bits per heavy atom. The summed E-state index contributed by atoms with van der Waals surface area (Å²) in [5.41, 5.74) is 2.53. The zero-order chi connectivity index (χ0) is 12.7. The van der Waals surface area contributed by atoms with Gasteiger partial charge in [0, 0.05) is 6.04 Å². The van der Waals surface area contributed by atoms with E-state index in [2.05, 4.69) is 36.5 Å². The first kappa shape index (κ1) is 14.2. The third-order valence-corrected chi connectivity index (χ3v) is 2.94. The normalized spacial score (nSPS) is 13.0. The zero-order valence-corrected chi connectivity index (χ0v) is 10.7. The summed E-state index contributed by atoms with van der Waals surface area (Å²) in [6.45, 7) is 4.11. The van der Waals surface area contributed by atoms with Crippen LogP contribution in [-0.4, -0.2) is 29.5 Å². The van der Waals surface area contributed by atoms with Crippen molar-refractivity contribution >= 4 is 0 Å². The predicted octanol–water partition coefficient (Wildman–Crippen LogP) is 1.64. The molecule has 0 fully saturated rings. The fourth-order valence-electron chi connectivity index (χ4n) is 1.87. The SMILES string of the molecule is CCCc1ccc(C(C)NC(CO)CO)cc1. The van der Waals surface area contributed by atoms with E-state index in [1.165, 1.54) is 11.1 Å². The first-order valence-corrected chi connectivity index (χ1v) is 6.27. The molecule has 0 aromatic heterocycles. The molecule has 0 spiro atoms. The Morgan fingerprint density at radius 3 is 2.18 bits per heavy atom. The Balaban J connectivity index is 2.59. The van der Waals surface area contributed by atoms with Gasteiger partial charge in [0.1, 0.15) is 0 Å². The number of aliphatic hydroxyl groups is 2. The van der Waals surface area contributed by atoms with E-state index in [0.717, 1.165) is 12.8 Å². The molecule has 1 aromatic rings. The molecule has 17 heavy (non-hydrogen) atoms. The van der Waals surface area contributed by atoms with Gasteiger partial charge in [0.2, 0.25) is 0 Å². The van der Waals surface area contributed by atoms with Crippen molar-refractivity contribution in [2.24, 2.45) is 0 Å². The minimum absolute atomic E-state index is 0.0469. The van der Waals surface area contributed by atoms with E-state index in [0.29, 0.717) is 0 Å². The number of nitrogens with one attached hydrogen (secondary N) is 1. The summed E-state index contributed by atoms with van der Waals surface area (Å²) in [6, 6.07) is 8.38. The maximum Gasteiger partial charge on any atom is 0.0607 e. The van der Waals surface area contributed by atoms with Gasteiger partial charge in [-0.05, 0) is 24.5 Å². The van der Waals surface area contributed by atoms with Crippen LogP contribution in [-0.2, 0) is 6.42 Å². The van der Waals surface area contributed by atoms with Crippen LogP contribution in [0.5, 0.6) is 0 Å². The maximum absolute atomic E-state index is 9.01. The van der Waals surface area contributed by atoms with Crippen LogP contribution in [0.1, 0.15) is 37.4 Å². The molecule has 3 heteroatoms. The maximum atomic E-state index is 9.01. The van der Waals surface area contributed by atoms with Crippen LogP contribution in [0.2, 0.25) is 0 Å². The molecule has 0 radical (unpaired) electrons. The standard InChI is InChI=1S/C14H23NO2/c1-3-4-12-5-7-13(8-6-12)11(2)15-14(9-16)10-17/h5-8,11,14-17H,3-4,9-10H2,1-2H3. The van der Waals surface area contributed by atoms with Crippen molar-refractivity contribution in [3.05, 3.63) is 35.4 Å². The van der Waals surface area contributed by atoms with E-state index in [4.69, 9.17) is 10.2 Å². The molecule has 1 unspecified atom stereocenters. The Morgan fingerprint density at radius 1 is 1.12 bits per heavy atom. The van der Waals surface area contributed by atoms with E-state index in [-0.39, 0.29) is 25.3 Å². The van der Waals surface area contributed by atoms with Gasteiger partial charge < -0.3 is 15.5 Å². The second kappa shape index (κ2) is 7.43. The van der Waals surface area contributed by atoms with Gasteiger partial charge in [-0.2, -0.15) is 0 Å². The lowest BCUT2D eigenvalue weighted by atomic mass is 10.0. The topological polar surface area (TPSA) is 52.5 Å². The molecule has 3 N–H and O–H groups in total. The van der Waals surface area contributed by atoms with Crippen molar-refractivity contribution in [1.82, 2.24) is 5.32 Å². The molecule has 0 saturated carbocycles. The summed E-state index contributed by atoms with van der Waals surface area (Å²) in [4.78, 5) is 0. The van der Waals surface area contributed by atoms with Crippen molar-refractivity contribution in [2.45, 2.75) is 38.8 Å². The van der Waals surface area contributed by atoms with E-state index in [9.17, 15) is 0 Å². The summed E-state index contributed by atoms with van der Waals surface area (Å²) in [5, 5.41) is 21.2. The highest BCUT2D eigenvalue weighted by Gasteiger charge is 2.11. The largest absolute Gasteiger partial charge is 0.395 e. The molecule has 1 rings (SSSR count). The van der Waals surface area contributed by atoms with Crippen molar-refractivity contribution in [2.75, 3.05) is 13.2 Å². The first-order chi connectivity index (χ1) is 8.21. The molecule has 0 saturated heterocycles. The minimum Gasteiger partial charge on any atom is -0.395 e. The number of rotatable bonds is 7. The highest BCUT2D eigenvalue weighted by Crippen LogP contribution is 2.14. The number of aliphatic hydroxyl groups excluding tert-OH is 2. The summed E-state index contributed by atoms with van der Waals surface area (Å²) in [5.74, 6) is 0. The van der Waals surface area contributed by atoms with Crippen LogP contribution in [0.25, 0.3) is 0 Å². The molecule has 0 amide bonds. The van der Waals surface area contributed by atoms with Gasteiger partial charge >= 0.3 is 0 Å². The molecule has 1 atom stereocenters. The monoisotopic (exact) mass is 237 g/mol. The quantitative estimate of drug-likeness (QED) is 0.676. The lowest BCUT2D eigenvalue weighted by molar-refractivity contribution is 0.163. The van der Waals surface area contributed by atoms with Gasteiger partial charge in [0.05, 0.1) is 19.3 Å². The van der Waals surface area contributed by atoms with Gasteiger partial charge in [0.25, 0.3) is 0 Å². The number of aryl methyl sites for hydroxylation is 1. The van der Waals surface area contributed by atoms with E-state index >= 15 is 0 Å². The van der Waals surface area contributed by atoms with Crippen molar-refractivity contribution in [3.63, 3.8) is 0 Å². The van der Waals surface area contributed by atoms with Crippen molar-refractivity contribution in [1.29, 1.82) is 0 Å². The van der Waals surface area contributed by atoms with Crippen LogP contribution < -0.4 is 5.32 Å². The number of hydrogen-bond donors (Lipinski definition) is 3. The van der Waals surface area contributed by atoms with Crippen LogP contribution in [0.4, 0.5) is 0 Å². The Kier molecular flexibility index (Phi) is 6.19. The van der Waals surface area contributed by atoms with Crippen LogP contribution in [0, 0.1) is 0 Å². The summed E-state index contributed by atoms with van der Waals surface area (Å²) < 4.78 is 0. The number of benzene rings is 1. The molecular formula is C14H23NO2. The van der Waals surface area contributed by atoms with E-state index in [1.807, 2.05) is 6.92 Å². The Labute approximate surface area is 103 Å². The smallest absolute Gasteiger partial charge is 0.0607 e. The fourth-order valence-corrected chi connectivity index (χ4v) is 1.87. The average Bonchev–Trinajstić information content (AvgIpc) is 2.37. The van der Waals surface area contributed by atoms with Crippen LogP contribution in [0.15, 0.2) is 24.3 Å². The van der Waals surface area contributed by atoms with Crippen LogP contribution in [0.3, 0.4) is 0 Å². The van der Waals surface area contributed by atoms with Gasteiger partial charge in [0.15, 0.2) is 0 Å². The summed E-state index contributed by atoms with van der Waals surface area (Å²) in [7, 11) is 0. The van der Waals surface area contributed by atoms with E-state index < -0.39 is 0 Å². The second-order valence-corrected chi connectivity index (χ2v) is 4.44. The Bertz CT molecular complexity index is 307. The molecule has 0 heterocycles. The summed E-state index contributed by atoms with van der Waals surface area (Å²) >= 11 is 0. The van der Waals surface area contributed by atoms with Gasteiger partial charge in [-0.15, -0.1) is 0 Å². The molecule has 0 bridgehead atoms. The van der Waals surface area contributed by atoms with Gasteiger partial charge in [-0.25, -0.2) is 0 Å². The molecule has 96 valence electrons. The average molecular weight is 237 g/mol. The molecule has 0 aliphatic rings. The van der Waals surface area contributed by atoms with Crippen molar-refractivity contribution < 1.29 is 10.2 Å². The van der Waals surface area contributed by atoms with E-state index in [1.54, 1.807) is 0 Å². The zero-order valence-electron chi connectivity index (χ0n) is 10.7. The molecular weight excluding hydrogens is 214 g/mol. The van der Waals surface area contributed by atoms with Gasteiger partial charge in [-0.1, -0.05) is 37.6 Å². The first-order valence-electron chi connectivity index (χ1n) is 6.27. The highest BCUT2D eigenvalue weighted by molar-refractivity contribution is 5.24. The van der Waals surface area contributed by atoms with Crippen LogP contribution >= 0.6 is 0 Å². The third-order valence-electron chi connectivity index (χ3n) is 2.94.